The zero-order valence-corrected chi connectivity index (χ0v) is 7.65. The van der Waals surface area contributed by atoms with Crippen molar-refractivity contribution in [2.45, 2.75) is 40.5 Å². The van der Waals surface area contributed by atoms with E-state index in [0.29, 0.717) is 0 Å². The predicted molar refractivity (Wildman–Crippen MR) is 47.7 cm³/mol. The molecule has 0 fully saturated rings. The lowest BCUT2D eigenvalue weighted by molar-refractivity contribution is 0.637. The average Bonchev–Trinajstić information content (AvgIpc) is 1.91. The minimum Gasteiger partial charge on any atom is -0.294 e. The molecule has 1 heteroatoms. The molecule has 0 spiro atoms. The molecule has 60 valence electrons. The monoisotopic (exact) mass is 141 g/mol. The van der Waals surface area contributed by atoms with E-state index in [1.54, 1.807) is 0 Å². The maximum atomic E-state index is 4.38. The van der Waals surface area contributed by atoms with Gasteiger partial charge in [0.05, 0.1) is 0 Å². The van der Waals surface area contributed by atoms with Crippen LogP contribution in [0.5, 0.6) is 0 Å². The van der Waals surface area contributed by atoms with Gasteiger partial charge in [0, 0.05) is 12.3 Å². The number of hydrogen-bond acceptors (Lipinski definition) is 1. The van der Waals surface area contributed by atoms with E-state index in [1.165, 1.54) is 18.6 Å². The highest BCUT2D eigenvalue weighted by molar-refractivity contribution is 5.84. The summed E-state index contributed by atoms with van der Waals surface area (Å²) in [5, 5.41) is 0. The van der Waals surface area contributed by atoms with Crippen molar-refractivity contribution < 1.29 is 0 Å². The van der Waals surface area contributed by atoms with Gasteiger partial charge in [-0.15, -0.1) is 0 Å². The first kappa shape index (κ1) is 9.67. The summed E-state index contributed by atoms with van der Waals surface area (Å²) in [6.07, 6.45) is 2.46. The Hall–Kier alpha value is -0.330. The maximum absolute atomic E-state index is 4.38. The average molecular weight is 141 g/mol. The first-order valence-corrected chi connectivity index (χ1v) is 4.27. The van der Waals surface area contributed by atoms with E-state index in [-0.39, 0.29) is 0 Å². The molecule has 0 aliphatic heterocycles. The van der Waals surface area contributed by atoms with Crippen molar-refractivity contribution >= 4 is 5.71 Å². The third-order valence-corrected chi connectivity index (χ3v) is 1.98. The molecule has 0 bridgehead atoms. The summed E-state index contributed by atoms with van der Waals surface area (Å²) >= 11 is 0. The summed E-state index contributed by atoms with van der Waals surface area (Å²) in [7, 11) is 0. The van der Waals surface area contributed by atoms with E-state index < -0.39 is 0 Å². The third kappa shape index (κ3) is 3.00. The Morgan fingerprint density at radius 1 is 1.20 bits per heavy atom. The molecule has 0 aliphatic rings. The molecule has 0 aromatic carbocycles. The number of rotatable bonds is 4. The Kier molecular flexibility index (Phi) is 5.27. The van der Waals surface area contributed by atoms with Crippen molar-refractivity contribution in [3.05, 3.63) is 0 Å². The van der Waals surface area contributed by atoms with Crippen molar-refractivity contribution in [3.63, 3.8) is 0 Å². The van der Waals surface area contributed by atoms with E-state index >= 15 is 0 Å². The first-order valence-electron chi connectivity index (χ1n) is 4.27. The van der Waals surface area contributed by atoms with Gasteiger partial charge in [-0.3, -0.25) is 4.99 Å². The molecular formula is C9H19N. The van der Waals surface area contributed by atoms with Crippen molar-refractivity contribution in [1.82, 2.24) is 0 Å². The van der Waals surface area contributed by atoms with Gasteiger partial charge in [0.2, 0.25) is 0 Å². The van der Waals surface area contributed by atoms with Crippen LogP contribution in [0.2, 0.25) is 0 Å². The Bertz CT molecular complexity index is 101. The molecule has 0 atom stereocenters. The van der Waals surface area contributed by atoms with Crippen LogP contribution >= 0.6 is 0 Å². The molecule has 0 saturated heterocycles. The van der Waals surface area contributed by atoms with Gasteiger partial charge in [-0.2, -0.15) is 0 Å². The standard InChI is InChI=1S/C9H19N/c1-5-9(6-2)8(4)10-7-3/h9H,5-7H2,1-4H3. The zero-order chi connectivity index (χ0) is 7.98. The van der Waals surface area contributed by atoms with Gasteiger partial charge in [0.25, 0.3) is 0 Å². The van der Waals surface area contributed by atoms with Crippen LogP contribution in [-0.4, -0.2) is 12.3 Å². The van der Waals surface area contributed by atoms with Gasteiger partial charge in [-0.25, -0.2) is 0 Å². The second kappa shape index (κ2) is 5.45. The Morgan fingerprint density at radius 2 is 1.70 bits per heavy atom. The smallest absolute Gasteiger partial charge is 0.0360 e. The maximum Gasteiger partial charge on any atom is 0.0360 e. The molecule has 0 radical (unpaired) electrons. The SMILES string of the molecule is CCN=C(C)C(CC)CC. The van der Waals surface area contributed by atoms with Crippen LogP contribution in [0.25, 0.3) is 0 Å². The minimum absolute atomic E-state index is 0.722. The topological polar surface area (TPSA) is 12.4 Å². The van der Waals surface area contributed by atoms with Gasteiger partial charge in [-0.1, -0.05) is 13.8 Å². The molecule has 0 unspecified atom stereocenters. The number of hydrogen-bond donors (Lipinski definition) is 0. The van der Waals surface area contributed by atoms with Crippen LogP contribution in [0.3, 0.4) is 0 Å². The van der Waals surface area contributed by atoms with Crippen molar-refractivity contribution in [3.8, 4) is 0 Å². The third-order valence-electron chi connectivity index (χ3n) is 1.98. The lowest BCUT2D eigenvalue weighted by atomic mass is 9.99. The fraction of sp³-hybridized carbons (Fsp3) is 0.889. The van der Waals surface area contributed by atoms with E-state index in [2.05, 4.69) is 32.7 Å². The lowest BCUT2D eigenvalue weighted by Gasteiger charge is -2.10. The van der Waals surface area contributed by atoms with Crippen LogP contribution in [0, 0.1) is 5.92 Å². The number of aliphatic imine (C=N–C) groups is 1. The van der Waals surface area contributed by atoms with Crippen LogP contribution in [-0.2, 0) is 0 Å². The first-order chi connectivity index (χ1) is 4.76. The highest BCUT2D eigenvalue weighted by atomic mass is 14.7. The molecule has 0 rings (SSSR count). The summed E-state index contributed by atoms with van der Waals surface area (Å²) < 4.78 is 0. The predicted octanol–water partition coefficient (Wildman–Crippen LogP) is 2.90. The molecule has 1 nitrogen and oxygen atoms in total. The molecule has 0 aromatic heterocycles. The van der Waals surface area contributed by atoms with Crippen LogP contribution in [0.15, 0.2) is 4.99 Å². The second-order valence-corrected chi connectivity index (χ2v) is 2.63. The number of nitrogens with zero attached hydrogens (tertiary/aromatic N) is 1. The van der Waals surface area contributed by atoms with Crippen LogP contribution in [0.4, 0.5) is 0 Å². The van der Waals surface area contributed by atoms with Gasteiger partial charge in [0.1, 0.15) is 0 Å². The molecular weight excluding hydrogens is 122 g/mol. The van der Waals surface area contributed by atoms with Crippen molar-refractivity contribution in [2.75, 3.05) is 6.54 Å². The van der Waals surface area contributed by atoms with Gasteiger partial charge < -0.3 is 0 Å². The minimum atomic E-state index is 0.722. The molecule has 10 heavy (non-hydrogen) atoms. The largest absolute Gasteiger partial charge is 0.294 e. The quantitative estimate of drug-likeness (QED) is 0.534. The van der Waals surface area contributed by atoms with Crippen molar-refractivity contribution in [1.29, 1.82) is 0 Å². The summed E-state index contributed by atoms with van der Waals surface area (Å²) in [5.74, 6) is 0.722. The van der Waals surface area contributed by atoms with E-state index in [0.717, 1.165) is 12.5 Å². The molecule has 0 heterocycles. The molecule has 0 saturated carbocycles. The summed E-state index contributed by atoms with van der Waals surface area (Å²) in [4.78, 5) is 4.38. The fourth-order valence-corrected chi connectivity index (χ4v) is 1.26. The molecule has 0 amide bonds. The highest BCUT2D eigenvalue weighted by Crippen LogP contribution is 2.09. The zero-order valence-electron chi connectivity index (χ0n) is 7.65. The van der Waals surface area contributed by atoms with Crippen LogP contribution < -0.4 is 0 Å². The summed E-state index contributed by atoms with van der Waals surface area (Å²) in [6, 6.07) is 0. The van der Waals surface area contributed by atoms with Gasteiger partial charge in [0.15, 0.2) is 0 Å². The summed E-state index contributed by atoms with van der Waals surface area (Å²) in [6.45, 7) is 9.61. The van der Waals surface area contributed by atoms with E-state index in [4.69, 9.17) is 0 Å². The highest BCUT2D eigenvalue weighted by Gasteiger charge is 2.04. The lowest BCUT2D eigenvalue weighted by Crippen LogP contribution is -2.08. The fourth-order valence-electron chi connectivity index (χ4n) is 1.26. The normalized spacial score (nSPS) is 12.7. The van der Waals surface area contributed by atoms with E-state index in [1.807, 2.05) is 0 Å². The van der Waals surface area contributed by atoms with Gasteiger partial charge >= 0.3 is 0 Å². The molecule has 0 aliphatic carbocycles. The summed E-state index contributed by atoms with van der Waals surface area (Å²) in [5.41, 5.74) is 1.33. The molecule has 0 aromatic rings. The molecule has 0 N–H and O–H groups in total. The Balaban J connectivity index is 3.87. The van der Waals surface area contributed by atoms with Crippen molar-refractivity contribution in [2.24, 2.45) is 10.9 Å². The Morgan fingerprint density at radius 3 is 2.00 bits per heavy atom. The van der Waals surface area contributed by atoms with Crippen LogP contribution in [0.1, 0.15) is 40.5 Å². The second-order valence-electron chi connectivity index (χ2n) is 2.63. The van der Waals surface area contributed by atoms with E-state index in [9.17, 15) is 0 Å². The van der Waals surface area contributed by atoms with Gasteiger partial charge in [-0.05, 0) is 32.6 Å². The Labute approximate surface area is 64.6 Å².